The summed E-state index contributed by atoms with van der Waals surface area (Å²) in [6.07, 6.45) is 0.922. The molecule has 1 N–H and O–H groups in total. The minimum atomic E-state index is -0.00616. The van der Waals surface area contributed by atoms with E-state index in [1.807, 2.05) is 0 Å². The van der Waals surface area contributed by atoms with E-state index in [4.69, 9.17) is 4.74 Å². The van der Waals surface area contributed by atoms with Gasteiger partial charge in [0.25, 0.3) is 0 Å². The Kier molecular flexibility index (Phi) is 2.57. The molecule has 1 aromatic carbocycles. The van der Waals surface area contributed by atoms with Crippen molar-refractivity contribution in [1.29, 1.82) is 0 Å². The molecular weight excluding hydrogens is 176 g/mol. The molecule has 1 saturated heterocycles. The van der Waals surface area contributed by atoms with Gasteiger partial charge in [-0.3, -0.25) is 0 Å². The highest BCUT2D eigenvalue weighted by molar-refractivity contribution is 5.23. The molecule has 1 aromatic rings. The third kappa shape index (κ3) is 1.81. The highest BCUT2D eigenvalue weighted by Crippen LogP contribution is 2.31. The van der Waals surface area contributed by atoms with Gasteiger partial charge in [0.2, 0.25) is 0 Å². The van der Waals surface area contributed by atoms with Crippen LogP contribution in [0.15, 0.2) is 24.3 Å². The number of aliphatic hydroxyl groups excluding tert-OH is 1. The van der Waals surface area contributed by atoms with Crippen LogP contribution in [0.2, 0.25) is 0 Å². The molecular formula is C12H16O2. The van der Waals surface area contributed by atoms with E-state index in [0.717, 1.165) is 6.42 Å². The average Bonchev–Trinajstić information content (AvgIpc) is 2.11. The molecule has 1 aliphatic rings. The summed E-state index contributed by atoms with van der Waals surface area (Å²) < 4.78 is 5.17. The van der Waals surface area contributed by atoms with Gasteiger partial charge in [0.1, 0.15) is 0 Å². The lowest BCUT2D eigenvalue weighted by Crippen LogP contribution is -2.47. The molecule has 0 unspecified atom stereocenters. The number of aryl methyl sites for hydroxylation is 1. The summed E-state index contributed by atoms with van der Waals surface area (Å²) in [6.45, 7) is 3.70. The fraction of sp³-hybridized carbons (Fsp3) is 0.500. The third-order valence-electron chi connectivity index (χ3n) is 2.81. The molecule has 2 heteroatoms. The van der Waals surface area contributed by atoms with Gasteiger partial charge in [-0.25, -0.2) is 0 Å². The predicted molar refractivity (Wildman–Crippen MR) is 55.2 cm³/mol. The van der Waals surface area contributed by atoms with Crippen LogP contribution in [0.1, 0.15) is 11.1 Å². The minimum absolute atomic E-state index is 0.00616. The summed E-state index contributed by atoms with van der Waals surface area (Å²) in [5, 5.41) is 9.29. The van der Waals surface area contributed by atoms with Crippen LogP contribution >= 0.6 is 0 Å². The van der Waals surface area contributed by atoms with E-state index in [-0.39, 0.29) is 12.0 Å². The van der Waals surface area contributed by atoms with Gasteiger partial charge in [-0.05, 0) is 18.9 Å². The van der Waals surface area contributed by atoms with Crippen LogP contribution in [0.25, 0.3) is 0 Å². The summed E-state index contributed by atoms with van der Waals surface area (Å²) in [5.41, 5.74) is 2.56. The maximum atomic E-state index is 9.29. The lowest BCUT2D eigenvalue weighted by molar-refractivity contribution is -0.136. The fourth-order valence-corrected chi connectivity index (χ4v) is 1.90. The van der Waals surface area contributed by atoms with E-state index in [1.165, 1.54) is 11.1 Å². The van der Waals surface area contributed by atoms with E-state index < -0.39 is 0 Å². The molecule has 14 heavy (non-hydrogen) atoms. The van der Waals surface area contributed by atoms with Gasteiger partial charge in [0.15, 0.2) is 0 Å². The summed E-state index contributed by atoms with van der Waals surface area (Å²) in [4.78, 5) is 0. The molecule has 1 aliphatic heterocycles. The monoisotopic (exact) mass is 192 g/mol. The molecule has 0 atom stereocenters. The molecule has 1 fully saturated rings. The maximum absolute atomic E-state index is 9.29. The van der Waals surface area contributed by atoms with E-state index in [2.05, 4.69) is 31.2 Å². The van der Waals surface area contributed by atoms with E-state index >= 15 is 0 Å². The van der Waals surface area contributed by atoms with Crippen molar-refractivity contribution in [2.75, 3.05) is 19.8 Å². The van der Waals surface area contributed by atoms with Gasteiger partial charge in [-0.15, -0.1) is 0 Å². The highest BCUT2D eigenvalue weighted by Gasteiger charge is 2.37. The highest BCUT2D eigenvalue weighted by atomic mass is 16.5. The van der Waals surface area contributed by atoms with Crippen LogP contribution in [-0.2, 0) is 11.2 Å². The molecule has 1 heterocycles. The number of rotatable bonds is 3. The fourth-order valence-electron chi connectivity index (χ4n) is 1.90. The van der Waals surface area contributed by atoms with Gasteiger partial charge in [-0.1, -0.05) is 29.8 Å². The van der Waals surface area contributed by atoms with Crippen molar-refractivity contribution in [3.05, 3.63) is 35.4 Å². The second-order valence-corrected chi connectivity index (χ2v) is 4.32. The van der Waals surface area contributed by atoms with Crippen molar-refractivity contribution in [1.82, 2.24) is 0 Å². The molecule has 0 spiro atoms. The van der Waals surface area contributed by atoms with Crippen molar-refractivity contribution < 1.29 is 9.84 Å². The first-order valence-corrected chi connectivity index (χ1v) is 4.98. The van der Waals surface area contributed by atoms with Crippen LogP contribution in [-0.4, -0.2) is 24.9 Å². The van der Waals surface area contributed by atoms with Crippen LogP contribution < -0.4 is 0 Å². The molecule has 0 amide bonds. The van der Waals surface area contributed by atoms with Crippen molar-refractivity contribution in [2.45, 2.75) is 13.3 Å². The summed E-state index contributed by atoms with van der Waals surface area (Å²) >= 11 is 0. The Bertz CT molecular complexity index is 310. The van der Waals surface area contributed by atoms with Crippen molar-refractivity contribution in [2.24, 2.45) is 5.41 Å². The summed E-state index contributed by atoms with van der Waals surface area (Å²) in [6, 6.07) is 8.44. The van der Waals surface area contributed by atoms with Crippen molar-refractivity contribution in [3.8, 4) is 0 Å². The van der Waals surface area contributed by atoms with E-state index in [1.54, 1.807) is 0 Å². The number of hydrogen-bond acceptors (Lipinski definition) is 2. The number of hydrogen-bond donors (Lipinski definition) is 1. The van der Waals surface area contributed by atoms with Crippen molar-refractivity contribution in [3.63, 3.8) is 0 Å². The Morgan fingerprint density at radius 1 is 1.43 bits per heavy atom. The van der Waals surface area contributed by atoms with E-state index in [9.17, 15) is 5.11 Å². The van der Waals surface area contributed by atoms with Crippen LogP contribution in [0.3, 0.4) is 0 Å². The molecule has 0 aromatic heterocycles. The molecule has 2 rings (SSSR count). The average molecular weight is 192 g/mol. The number of ether oxygens (including phenoxy) is 1. The summed E-state index contributed by atoms with van der Waals surface area (Å²) in [5.74, 6) is 0. The molecule has 0 bridgehead atoms. The minimum Gasteiger partial charge on any atom is -0.396 e. The second-order valence-electron chi connectivity index (χ2n) is 4.32. The number of benzene rings is 1. The Labute approximate surface area is 84.5 Å². The Balaban J connectivity index is 2.09. The normalized spacial score (nSPS) is 19.0. The Morgan fingerprint density at radius 2 is 2.21 bits per heavy atom. The first-order chi connectivity index (χ1) is 6.74. The maximum Gasteiger partial charge on any atom is 0.0570 e. The predicted octanol–water partition coefficient (Wildman–Crippen LogP) is 1.55. The van der Waals surface area contributed by atoms with Crippen LogP contribution in [0.4, 0.5) is 0 Å². The SMILES string of the molecule is Cc1cccc(CC2(CO)COC2)c1. The zero-order valence-corrected chi connectivity index (χ0v) is 8.49. The largest absolute Gasteiger partial charge is 0.396 e. The first-order valence-electron chi connectivity index (χ1n) is 4.98. The van der Waals surface area contributed by atoms with Gasteiger partial charge < -0.3 is 9.84 Å². The van der Waals surface area contributed by atoms with Crippen LogP contribution in [0, 0.1) is 12.3 Å². The van der Waals surface area contributed by atoms with Gasteiger partial charge in [-0.2, -0.15) is 0 Å². The van der Waals surface area contributed by atoms with Crippen molar-refractivity contribution >= 4 is 0 Å². The molecule has 76 valence electrons. The van der Waals surface area contributed by atoms with Gasteiger partial charge in [0.05, 0.1) is 19.8 Å². The Hall–Kier alpha value is -0.860. The molecule has 0 saturated carbocycles. The van der Waals surface area contributed by atoms with Gasteiger partial charge >= 0.3 is 0 Å². The summed E-state index contributed by atoms with van der Waals surface area (Å²) in [7, 11) is 0. The topological polar surface area (TPSA) is 29.5 Å². The lowest BCUT2D eigenvalue weighted by Gasteiger charge is -2.40. The Morgan fingerprint density at radius 3 is 2.71 bits per heavy atom. The second kappa shape index (κ2) is 3.71. The lowest BCUT2D eigenvalue weighted by atomic mass is 9.80. The number of aliphatic hydroxyl groups is 1. The molecule has 0 radical (unpaired) electrons. The van der Waals surface area contributed by atoms with Crippen LogP contribution in [0.5, 0.6) is 0 Å². The smallest absolute Gasteiger partial charge is 0.0570 e. The zero-order chi connectivity index (χ0) is 10.0. The first kappa shape index (κ1) is 9.69. The van der Waals surface area contributed by atoms with E-state index in [0.29, 0.717) is 13.2 Å². The molecule has 2 nitrogen and oxygen atoms in total. The zero-order valence-electron chi connectivity index (χ0n) is 8.49. The standard InChI is InChI=1S/C12H16O2/c1-10-3-2-4-11(5-10)6-12(7-13)8-14-9-12/h2-5,13H,6-9H2,1H3. The quantitative estimate of drug-likeness (QED) is 0.787. The van der Waals surface area contributed by atoms with Gasteiger partial charge in [0, 0.05) is 5.41 Å². The third-order valence-corrected chi connectivity index (χ3v) is 2.81. The molecule has 0 aliphatic carbocycles.